The third-order valence-corrected chi connectivity index (χ3v) is 4.34. The number of nitrogens with zero attached hydrogens (tertiary/aromatic N) is 4. The number of aryl methyl sites for hydroxylation is 1. The first-order chi connectivity index (χ1) is 11.3. The van der Waals surface area contributed by atoms with Gasteiger partial charge in [0.25, 0.3) is 0 Å². The summed E-state index contributed by atoms with van der Waals surface area (Å²) in [6.45, 7) is 9.54. The lowest BCUT2D eigenvalue weighted by Gasteiger charge is -2.25. The molecule has 1 saturated heterocycles. The van der Waals surface area contributed by atoms with Crippen molar-refractivity contribution in [2.45, 2.75) is 40.5 Å². The molecule has 3 rings (SSSR count). The zero-order valence-corrected chi connectivity index (χ0v) is 14.8. The third kappa shape index (κ3) is 3.63. The standard InChI is InChI=1S/C18H25N5O/c1-12-8-20-16(21-12)15-10-19-9-14(22-15)7-13-5-6-23(11-13)17(24)18(2,3)4/h8-10,13H,5-7,11H2,1-4H3,(H,20,21)/t13-/m1/s1. The van der Waals surface area contributed by atoms with Crippen molar-refractivity contribution in [2.75, 3.05) is 13.1 Å². The van der Waals surface area contributed by atoms with E-state index >= 15 is 0 Å². The van der Waals surface area contributed by atoms with Crippen LogP contribution in [0, 0.1) is 18.3 Å². The summed E-state index contributed by atoms with van der Waals surface area (Å²) in [5.74, 6) is 1.42. The number of carbonyl (C=O) groups excluding carboxylic acids is 1. The zero-order valence-electron chi connectivity index (χ0n) is 14.8. The summed E-state index contributed by atoms with van der Waals surface area (Å²) in [5, 5.41) is 0. The van der Waals surface area contributed by atoms with Crippen molar-refractivity contribution in [3.63, 3.8) is 0 Å². The molecule has 2 aromatic heterocycles. The Kier molecular flexibility index (Phi) is 4.39. The zero-order chi connectivity index (χ0) is 17.3. The van der Waals surface area contributed by atoms with Gasteiger partial charge in [-0.3, -0.25) is 9.78 Å². The molecule has 0 unspecified atom stereocenters. The minimum atomic E-state index is -0.314. The van der Waals surface area contributed by atoms with E-state index < -0.39 is 0 Å². The number of imidazole rings is 1. The fraction of sp³-hybridized carbons (Fsp3) is 0.556. The van der Waals surface area contributed by atoms with Crippen LogP contribution in [0.15, 0.2) is 18.6 Å². The summed E-state index contributed by atoms with van der Waals surface area (Å²) in [4.78, 5) is 30.9. The first kappa shape index (κ1) is 16.6. The van der Waals surface area contributed by atoms with Crippen molar-refractivity contribution in [2.24, 2.45) is 11.3 Å². The first-order valence-electron chi connectivity index (χ1n) is 8.45. The van der Waals surface area contributed by atoms with Crippen LogP contribution < -0.4 is 0 Å². The highest BCUT2D eigenvalue weighted by molar-refractivity contribution is 5.81. The summed E-state index contributed by atoms with van der Waals surface area (Å²) < 4.78 is 0. The minimum Gasteiger partial charge on any atom is -0.342 e. The predicted octanol–water partition coefficient (Wildman–Crippen LogP) is 2.61. The maximum Gasteiger partial charge on any atom is 0.227 e. The molecule has 0 spiro atoms. The fourth-order valence-electron chi connectivity index (χ4n) is 3.12. The largest absolute Gasteiger partial charge is 0.342 e. The predicted molar refractivity (Wildman–Crippen MR) is 92.2 cm³/mol. The van der Waals surface area contributed by atoms with Crippen molar-refractivity contribution >= 4 is 5.91 Å². The van der Waals surface area contributed by atoms with Crippen molar-refractivity contribution < 1.29 is 4.79 Å². The number of aromatic nitrogens is 4. The number of aromatic amines is 1. The van der Waals surface area contributed by atoms with Crippen LogP contribution >= 0.6 is 0 Å². The van der Waals surface area contributed by atoms with E-state index in [9.17, 15) is 4.79 Å². The van der Waals surface area contributed by atoms with Crippen LogP contribution in [0.2, 0.25) is 0 Å². The second kappa shape index (κ2) is 6.34. The SMILES string of the molecule is Cc1cnc(-c2cncc(C[C@H]3CCN(C(=O)C(C)(C)C)C3)n2)[nH]1. The number of amides is 1. The molecule has 24 heavy (non-hydrogen) atoms. The quantitative estimate of drug-likeness (QED) is 0.940. The number of carbonyl (C=O) groups is 1. The minimum absolute atomic E-state index is 0.232. The normalized spacial score (nSPS) is 18.2. The summed E-state index contributed by atoms with van der Waals surface area (Å²) in [6, 6.07) is 0. The molecule has 0 aliphatic carbocycles. The van der Waals surface area contributed by atoms with Gasteiger partial charge in [-0.1, -0.05) is 20.8 Å². The molecule has 0 saturated carbocycles. The average Bonchev–Trinajstić information content (AvgIpc) is 3.15. The fourth-order valence-corrected chi connectivity index (χ4v) is 3.12. The van der Waals surface area contributed by atoms with Gasteiger partial charge in [0.1, 0.15) is 5.69 Å². The molecular weight excluding hydrogens is 302 g/mol. The molecule has 0 bridgehead atoms. The highest BCUT2D eigenvalue weighted by atomic mass is 16.2. The third-order valence-electron chi connectivity index (χ3n) is 4.34. The van der Waals surface area contributed by atoms with Crippen molar-refractivity contribution in [1.82, 2.24) is 24.8 Å². The maximum atomic E-state index is 12.4. The van der Waals surface area contributed by atoms with E-state index in [0.29, 0.717) is 5.92 Å². The summed E-state index contributed by atoms with van der Waals surface area (Å²) >= 11 is 0. The van der Waals surface area contributed by atoms with Gasteiger partial charge in [-0.05, 0) is 25.7 Å². The van der Waals surface area contributed by atoms with Gasteiger partial charge in [0.05, 0.1) is 11.9 Å². The maximum absolute atomic E-state index is 12.4. The Labute approximate surface area is 142 Å². The van der Waals surface area contributed by atoms with Crippen LogP contribution in [0.1, 0.15) is 38.6 Å². The molecule has 1 aliphatic rings. The Morgan fingerprint density at radius 2 is 2.12 bits per heavy atom. The Bertz CT molecular complexity index is 731. The van der Waals surface area contributed by atoms with Gasteiger partial charge in [-0.15, -0.1) is 0 Å². The van der Waals surface area contributed by atoms with Crippen molar-refractivity contribution in [3.05, 3.63) is 30.0 Å². The Hall–Kier alpha value is -2.24. The Morgan fingerprint density at radius 1 is 1.33 bits per heavy atom. The molecule has 6 nitrogen and oxygen atoms in total. The molecule has 0 aromatic carbocycles. The molecule has 3 heterocycles. The van der Waals surface area contributed by atoms with E-state index in [1.807, 2.05) is 38.8 Å². The topological polar surface area (TPSA) is 74.8 Å². The van der Waals surface area contributed by atoms with Crippen LogP contribution in [0.4, 0.5) is 0 Å². The number of H-pyrrole nitrogens is 1. The molecule has 1 atom stereocenters. The van der Waals surface area contributed by atoms with Crippen LogP contribution in [0.5, 0.6) is 0 Å². The summed E-state index contributed by atoms with van der Waals surface area (Å²) in [5.41, 5.74) is 2.41. The van der Waals surface area contributed by atoms with Crippen LogP contribution in [0.25, 0.3) is 11.5 Å². The molecular formula is C18H25N5O. The number of likely N-dealkylation sites (tertiary alicyclic amines) is 1. The molecule has 0 radical (unpaired) electrons. The Balaban J connectivity index is 1.66. The summed E-state index contributed by atoms with van der Waals surface area (Å²) in [7, 11) is 0. The Morgan fingerprint density at radius 3 is 2.79 bits per heavy atom. The highest BCUT2D eigenvalue weighted by Gasteiger charge is 2.32. The van der Waals surface area contributed by atoms with Crippen LogP contribution in [-0.4, -0.2) is 43.8 Å². The smallest absolute Gasteiger partial charge is 0.227 e. The lowest BCUT2D eigenvalue weighted by molar-refractivity contribution is -0.138. The molecule has 1 fully saturated rings. The van der Waals surface area contributed by atoms with E-state index in [-0.39, 0.29) is 11.3 Å². The molecule has 6 heteroatoms. The van der Waals surface area contributed by atoms with E-state index in [0.717, 1.165) is 48.8 Å². The van der Waals surface area contributed by atoms with E-state index in [1.54, 1.807) is 12.4 Å². The van der Waals surface area contributed by atoms with Gasteiger partial charge in [0.15, 0.2) is 5.82 Å². The molecule has 1 amide bonds. The lowest BCUT2D eigenvalue weighted by atomic mass is 9.95. The van der Waals surface area contributed by atoms with E-state index in [4.69, 9.17) is 0 Å². The van der Waals surface area contributed by atoms with E-state index in [2.05, 4.69) is 19.9 Å². The number of hydrogen-bond acceptors (Lipinski definition) is 4. The number of nitrogens with one attached hydrogen (secondary N) is 1. The molecule has 128 valence electrons. The van der Waals surface area contributed by atoms with Gasteiger partial charge in [0.2, 0.25) is 5.91 Å². The monoisotopic (exact) mass is 327 g/mol. The van der Waals surface area contributed by atoms with Gasteiger partial charge in [0, 0.05) is 36.6 Å². The van der Waals surface area contributed by atoms with Crippen LogP contribution in [-0.2, 0) is 11.2 Å². The van der Waals surface area contributed by atoms with E-state index in [1.165, 1.54) is 0 Å². The molecule has 2 aromatic rings. The molecule has 1 N–H and O–H groups in total. The number of rotatable bonds is 3. The van der Waals surface area contributed by atoms with Gasteiger partial charge >= 0.3 is 0 Å². The van der Waals surface area contributed by atoms with Gasteiger partial charge in [-0.25, -0.2) is 9.97 Å². The second-order valence-electron chi connectivity index (χ2n) is 7.67. The first-order valence-corrected chi connectivity index (χ1v) is 8.45. The van der Waals surface area contributed by atoms with Gasteiger partial charge < -0.3 is 9.88 Å². The van der Waals surface area contributed by atoms with Gasteiger partial charge in [-0.2, -0.15) is 0 Å². The lowest BCUT2D eigenvalue weighted by Crippen LogP contribution is -2.38. The van der Waals surface area contributed by atoms with Crippen molar-refractivity contribution in [1.29, 1.82) is 0 Å². The molecule has 1 aliphatic heterocycles. The number of hydrogen-bond donors (Lipinski definition) is 1. The highest BCUT2D eigenvalue weighted by Crippen LogP contribution is 2.26. The average molecular weight is 327 g/mol. The summed E-state index contributed by atoms with van der Waals surface area (Å²) in [6.07, 6.45) is 7.19. The second-order valence-corrected chi connectivity index (χ2v) is 7.67. The van der Waals surface area contributed by atoms with Crippen LogP contribution in [0.3, 0.4) is 0 Å². The van der Waals surface area contributed by atoms with Crippen molar-refractivity contribution in [3.8, 4) is 11.5 Å².